The number of piperazine rings is 1. The van der Waals surface area contributed by atoms with E-state index in [4.69, 9.17) is 15.8 Å². The predicted octanol–water partition coefficient (Wildman–Crippen LogP) is 4.50. The van der Waals surface area contributed by atoms with Crippen LogP contribution in [-0.4, -0.2) is 73.8 Å². The van der Waals surface area contributed by atoms with Crippen molar-refractivity contribution in [3.63, 3.8) is 0 Å². The van der Waals surface area contributed by atoms with Gasteiger partial charge in [-0.3, -0.25) is 4.90 Å². The van der Waals surface area contributed by atoms with Crippen LogP contribution >= 0.6 is 11.3 Å². The van der Waals surface area contributed by atoms with Gasteiger partial charge in [-0.15, -0.1) is 11.3 Å². The third kappa shape index (κ3) is 4.44. The van der Waals surface area contributed by atoms with Gasteiger partial charge in [0.2, 0.25) is 0 Å². The number of nitrogens with two attached hydrogens (primary N) is 1. The Hall–Kier alpha value is -3.08. The van der Waals surface area contributed by atoms with E-state index in [9.17, 15) is 0 Å². The highest BCUT2D eigenvalue weighted by molar-refractivity contribution is 7.15. The molecule has 0 radical (unpaired) electrons. The Morgan fingerprint density at radius 1 is 0.947 bits per heavy atom. The summed E-state index contributed by atoms with van der Waals surface area (Å²) in [7, 11) is 2.22. The van der Waals surface area contributed by atoms with Gasteiger partial charge in [0.1, 0.15) is 17.8 Å². The number of nitrogens with zero attached hydrogens (tertiary/aromatic N) is 7. The van der Waals surface area contributed by atoms with Crippen molar-refractivity contribution in [2.75, 3.05) is 44.3 Å². The molecule has 9 nitrogen and oxygen atoms in total. The Bertz CT molecular complexity index is 1410. The SMILES string of the molecule is CN1CCN(C2CCC(n3nc(-c4ccc(Nc5nc6c(s5)CCC6)cc4)c4c(N)ncnc43)CC2)CC1. The van der Waals surface area contributed by atoms with Crippen LogP contribution in [0.15, 0.2) is 30.6 Å². The monoisotopic (exact) mass is 529 g/mol. The van der Waals surface area contributed by atoms with E-state index >= 15 is 0 Å². The largest absolute Gasteiger partial charge is 0.383 e. The molecule has 0 unspecified atom stereocenters. The molecule has 1 saturated carbocycles. The zero-order valence-electron chi connectivity index (χ0n) is 21.9. The first kappa shape index (κ1) is 24.0. The molecule has 4 heterocycles. The number of nitrogens with one attached hydrogen (secondary N) is 1. The maximum absolute atomic E-state index is 6.40. The fourth-order valence-electron chi connectivity index (χ4n) is 6.39. The molecule has 198 valence electrons. The van der Waals surface area contributed by atoms with Gasteiger partial charge in [-0.05, 0) is 64.1 Å². The van der Waals surface area contributed by atoms with Crippen LogP contribution in [0.2, 0.25) is 0 Å². The number of rotatable bonds is 5. The van der Waals surface area contributed by atoms with Crippen LogP contribution in [0.5, 0.6) is 0 Å². The molecular formula is C28H35N9S. The Kier molecular flexibility index (Phi) is 6.25. The van der Waals surface area contributed by atoms with Crippen LogP contribution < -0.4 is 11.1 Å². The van der Waals surface area contributed by atoms with Crippen LogP contribution in [0.4, 0.5) is 16.6 Å². The minimum atomic E-state index is 0.331. The lowest BCUT2D eigenvalue weighted by molar-refractivity contribution is 0.0815. The number of hydrogen-bond donors (Lipinski definition) is 2. The summed E-state index contributed by atoms with van der Waals surface area (Å²) in [6.45, 7) is 4.70. The zero-order chi connectivity index (χ0) is 25.6. The van der Waals surface area contributed by atoms with Gasteiger partial charge in [-0.25, -0.2) is 19.6 Å². The van der Waals surface area contributed by atoms with Crippen LogP contribution in [0.25, 0.3) is 22.3 Å². The Morgan fingerprint density at radius 2 is 1.71 bits per heavy atom. The Balaban J connectivity index is 1.11. The summed E-state index contributed by atoms with van der Waals surface area (Å²) in [5.74, 6) is 0.488. The highest BCUT2D eigenvalue weighted by Gasteiger charge is 2.30. The van der Waals surface area contributed by atoms with E-state index in [1.807, 2.05) is 0 Å². The minimum Gasteiger partial charge on any atom is -0.383 e. The predicted molar refractivity (Wildman–Crippen MR) is 153 cm³/mol. The lowest BCUT2D eigenvalue weighted by atomic mass is 9.90. The molecule has 4 aromatic rings. The summed E-state index contributed by atoms with van der Waals surface area (Å²) in [5, 5.41) is 10.4. The molecule has 10 heteroatoms. The van der Waals surface area contributed by atoms with E-state index < -0.39 is 0 Å². The summed E-state index contributed by atoms with van der Waals surface area (Å²) >= 11 is 1.77. The van der Waals surface area contributed by atoms with Crippen LogP contribution in [0.3, 0.4) is 0 Å². The summed E-state index contributed by atoms with van der Waals surface area (Å²) in [4.78, 5) is 20.3. The first-order valence-corrected chi connectivity index (χ1v) is 14.7. The highest BCUT2D eigenvalue weighted by Crippen LogP contribution is 2.38. The molecule has 38 heavy (non-hydrogen) atoms. The highest BCUT2D eigenvalue weighted by atomic mass is 32.1. The standard InChI is InChI=1S/C28H35N9S/c1-35-13-15-36(16-14-35)20-9-11-21(12-10-20)37-27-24(26(29)30-17-31-27)25(34-37)18-5-7-19(8-6-18)32-28-33-22-3-2-4-23(22)38-28/h5-8,17,20-21H,2-4,9-16H2,1H3,(H,32,33)(H2,29,30,31). The smallest absolute Gasteiger partial charge is 0.187 e. The first-order chi connectivity index (χ1) is 18.6. The number of likely N-dealkylation sites (N-methyl/N-ethyl adjacent to an activating group) is 1. The zero-order valence-corrected chi connectivity index (χ0v) is 22.8. The normalized spacial score (nSPS) is 22.7. The maximum Gasteiger partial charge on any atom is 0.187 e. The number of aromatic nitrogens is 5. The van der Waals surface area contributed by atoms with Gasteiger partial charge in [0, 0.05) is 48.3 Å². The molecule has 3 N–H and O–H groups in total. The van der Waals surface area contributed by atoms with Crippen LogP contribution in [0.1, 0.15) is 48.7 Å². The fourth-order valence-corrected chi connectivity index (χ4v) is 7.46. The molecule has 3 aliphatic rings. The van der Waals surface area contributed by atoms with Crippen molar-refractivity contribution >= 4 is 39.0 Å². The van der Waals surface area contributed by atoms with E-state index in [0.29, 0.717) is 17.9 Å². The second-order valence-electron chi connectivity index (χ2n) is 11.0. The van der Waals surface area contributed by atoms with Gasteiger partial charge >= 0.3 is 0 Å². The van der Waals surface area contributed by atoms with Gasteiger partial charge in [-0.2, -0.15) is 5.10 Å². The number of hydrogen-bond acceptors (Lipinski definition) is 9. The third-order valence-corrected chi connectivity index (χ3v) is 9.66. The summed E-state index contributed by atoms with van der Waals surface area (Å²) in [5.41, 5.74) is 11.4. The van der Waals surface area contributed by atoms with E-state index in [2.05, 4.69) is 61.1 Å². The number of anilines is 3. The summed E-state index contributed by atoms with van der Waals surface area (Å²) in [6.07, 6.45) is 9.67. The molecule has 1 aliphatic heterocycles. The van der Waals surface area contributed by atoms with E-state index in [0.717, 1.165) is 58.8 Å². The molecule has 2 aliphatic carbocycles. The lowest BCUT2D eigenvalue weighted by Crippen LogP contribution is -2.49. The number of benzene rings is 1. The molecule has 3 aromatic heterocycles. The van der Waals surface area contributed by atoms with E-state index in [1.54, 1.807) is 17.7 Å². The number of nitrogen functional groups attached to an aromatic ring is 1. The molecule has 1 saturated heterocycles. The van der Waals surface area contributed by atoms with Crippen molar-refractivity contribution in [1.29, 1.82) is 0 Å². The van der Waals surface area contributed by atoms with Crippen LogP contribution in [-0.2, 0) is 12.8 Å². The molecule has 1 aromatic carbocycles. The third-order valence-electron chi connectivity index (χ3n) is 8.59. The first-order valence-electron chi connectivity index (χ1n) is 13.9. The molecule has 2 fully saturated rings. The van der Waals surface area contributed by atoms with Crippen molar-refractivity contribution in [3.05, 3.63) is 41.2 Å². The van der Waals surface area contributed by atoms with Gasteiger partial charge in [-0.1, -0.05) is 12.1 Å². The number of aryl methyl sites for hydroxylation is 2. The average molecular weight is 530 g/mol. The van der Waals surface area contributed by atoms with Gasteiger partial charge in [0.05, 0.1) is 17.1 Å². The van der Waals surface area contributed by atoms with Gasteiger partial charge in [0.15, 0.2) is 10.8 Å². The van der Waals surface area contributed by atoms with Crippen LogP contribution in [0, 0.1) is 0 Å². The molecular weight excluding hydrogens is 494 g/mol. The van der Waals surface area contributed by atoms with Crippen molar-refractivity contribution < 1.29 is 0 Å². The Labute approximate surface area is 227 Å². The quantitative estimate of drug-likeness (QED) is 0.390. The van der Waals surface area contributed by atoms with Crippen molar-refractivity contribution in [3.8, 4) is 11.3 Å². The van der Waals surface area contributed by atoms with Gasteiger partial charge < -0.3 is 16.0 Å². The molecule has 0 bridgehead atoms. The maximum atomic E-state index is 6.40. The fraction of sp³-hybridized carbons (Fsp3) is 0.500. The number of thiazole rings is 1. The minimum absolute atomic E-state index is 0.331. The average Bonchev–Trinajstić information content (AvgIpc) is 3.64. The summed E-state index contributed by atoms with van der Waals surface area (Å²) in [6, 6.07) is 9.40. The van der Waals surface area contributed by atoms with Crippen molar-refractivity contribution in [2.24, 2.45) is 0 Å². The second kappa shape index (κ2) is 9.91. The van der Waals surface area contributed by atoms with Crippen molar-refractivity contribution in [2.45, 2.75) is 57.0 Å². The van der Waals surface area contributed by atoms with E-state index in [1.165, 1.54) is 56.0 Å². The Morgan fingerprint density at radius 3 is 2.47 bits per heavy atom. The number of fused-ring (bicyclic) bond motifs is 2. The second-order valence-corrected chi connectivity index (χ2v) is 12.1. The van der Waals surface area contributed by atoms with Crippen molar-refractivity contribution in [1.82, 2.24) is 34.5 Å². The van der Waals surface area contributed by atoms with Gasteiger partial charge in [0.25, 0.3) is 0 Å². The molecule has 0 spiro atoms. The topological polar surface area (TPSA) is 101 Å². The molecule has 7 rings (SSSR count). The van der Waals surface area contributed by atoms with E-state index in [-0.39, 0.29) is 0 Å². The molecule has 0 atom stereocenters. The molecule has 0 amide bonds. The summed E-state index contributed by atoms with van der Waals surface area (Å²) < 4.78 is 2.13. The lowest BCUT2D eigenvalue weighted by Gasteiger charge is -2.41.